The molecule has 0 aliphatic carbocycles. The fourth-order valence-electron chi connectivity index (χ4n) is 1.68. The van der Waals surface area contributed by atoms with Crippen LogP contribution in [0.1, 0.15) is 38.5 Å². The van der Waals surface area contributed by atoms with E-state index in [9.17, 15) is 14.4 Å². The zero-order valence-electron chi connectivity index (χ0n) is 10.9. The van der Waals surface area contributed by atoms with E-state index in [1.54, 1.807) is 0 Å². The lowest BCUT2D eigenvalue weighted by molar-refractivity contribution is -0.144. The van der Waals surface area contributed by atoms with Crippen molar-refractivity contribution in [3.8, 4) is 0 Å². The molecule has 0 rings (SSSR count). The molecule has 0 aliphatic rings. The number of carboxylic acid groups (broad SMARTS) is 2. The molecule has 0 saturated carbocycles. The third-order valence-electron chi connectivity index (χ3n) is 2.89. The van der Waals surface area contributed by atoms with Crippen LogP contribution in [-0.2, 0) is 14.4 Å². The Morgan fingerprint density at radius 2 is 1.68 bits per heavy atom. The van der Waals surface area contributed by atoms with Crippen LogP contribution in [0.4, 0.5) is 0 Å². The summed E-state index contributed by atoms with van der Waals surface area (Å²) in [4.78, 5) is 33.1. The zero-order chi connectivity index (χ0) is 14.8. The Hall–Kier alpha value is -1.47. The average Bonchev–Trinajstić information content (AvgIpc) is 2.34. The van der Waals surface area contributed by atoms with Gasteiger partial charge in [-0.25, -0.2) is 0 Å². The van der Waals surface area contributed by atoms with E-state index in [-0.39, 0.29) is 19.3 Å². The highest BCUT2D eigenvalue weighted by molar-refractivity contribution is 5.87. The number of hydrogen-bond acceptors (Lipinski definition) is 5. The molecule has 110 valence electrons. The van der Waals surface area contributed by atoms with Crippen LogP contribution in [0.2, 0.25) is 0 Å². The van der Waals surface area contributed by atoms with Crippen molar-refractivity contribution >= 4 is 17.7 Å². The molecule has 0 aromatic rings. The molecule has 2 unspecified atom stereocenters. The molecule has 0 aromatic heterocycles. The smallest absolute Gasteiger partial charge is 0.306 e. The van der Waals surface area contributed by atoms with Gasteiger partial charge in [-0.3, -0.25) is 14.4 Å². The minimum absolute atomic E-state index is 0.0311. The van der Waals surface area contributed by atoms with Crippen molar-refractivity contribution < 1.29 is 24.6 Å². The molecule has 0 heterocycles. The van der Waals surface area contributed by atoms with Crippen LogP contribution in [0.5, 0.6) is 0 Å². The van der Waals surface area contributed by atoms with Crippen LogP contribution in [0.15, 0.2) is 0 Å². The van der Waals surface area contributed by atoms with Gasteiger partial charge in [0.25, 0.3) is 0 Å². The number of ketones is 1. The quantitative estimate of drug-likeness (QED) is 0.387. The number of carboxylic acids is 2. The topological polar surface area (TPSA) is 144 Å². The summed E-state index contributed by atoms with van der Waals surface area (Å²) in [7, 11) is 0. The summed E-state index contributed by atoms with van der Waals surface area (Å²) in [6.45, 7) is 0.485. The van der Waals surface area contributed by atoms with Gasteiger partial charge in [0.1, 0.15) is 5.78 Å². The van der Waals surface area contributed by atoms with Gasteiger partial charge in [-0.1, -0.05) is 6.42 Å². The number of unbranched alkanes of at least 4 members (excludes halogenated alkanes) is 1. The SMILES string of the molecule is NCCCCC(CC(=O)C(N)CCC(=O)O)C(=O)O. The molecule has 7 heteroatoms. The van der Waals surface area contributed by atoms with Crippen LogP contribution in [-0.4, -0.2) is 40.5 Å². The number of nitrogens with two attached hydrogens (primary N) is 2. The molecule has 2 atom stereocenters. The van der Waals surface area contributed by atoms with Gasteiger partial charge in [-0.05, 0) is 25.8 Å². The van der Waals surface area contributed by atoms with Gasteiger partial charge < -0.3 is 21.7 Å². The predicted octanol–water partition coefficient (Wildman–Crippen LogP) is -0.0325. The van der Waals surface area contributed by atoms with Gasteiger partial charge >= 0.3 is 11.9 Å². The Bertz CT molecular complexity index is 319. The van der Waals surface area contributed by atoms with E-state index >= 15 is 0 Å². The highest BCUT2D eigenvalue weighted by Gasteiger charge is 2.24. The van der Waals surface area contributed by atoms with Crippen LogP contribution in [0, 0.1) is 5.92 Å². The molecule has 0 saturated heterocycles. The maximum atomic E-state index is 11.7. The van der Waals surface area contributed by atoms with Crippen LogP contribution in [0.25, 0.3) is 0 Å². The van der Waals surface area contributed by atoms with Crippen molar-refractivity contribution in [1.29, 1.82) is 0 Å². The Kier molecular flexibility index (Phi) is 8.73. The standard InChI is InChI=1S/C12H22N2O5/c13-6-2-1-3-8(12(18)19)7-10(15)9(14)4-5-11(16)17/h8-9H,1-7,13-14H2,(H,16,17)(H,18,19). The zero-order valence-corrected chi connectivity index (χ0v) is 10.9. The van der Waals surface area contributed by atoms with Crippen molar-refractivity contribution in [2.75, 3.05) is 6.54 Å². The van der Waals surface area contributed by atoms with Crippen LogP contribution in [0.3, 0.4) is 0 Å². The second kappa shape index (κ2) is 9.46. The first-order valence-electron chi connectivity index (χ1n) is 6.31. The monoisotopic (exact) mass is 274 g/mol. The molecule has 0 radical (unpaired) electrons. The number of rotatable bonds is 11. The van der Waals surface area contributed by atoms with E-state index < -0.39 is 29.7 Å². The van der Waals surface area contributed by atoms with E-state index in [1.807, 2.05) is 0 Å². The normalized spacial score (nSPS) is 13.8. The Labute approximate surface area is 112 Å². The van der Waals surface area contributed by atoms with E-state index in [0.29, 0.717) is 25.8 Å². The molecule has 19 heavy (non-hydrogen) atoms. The van der Waals surface area contributed by atoms with Gasteiger partial charge in [-0.15, -0.1) is 0 Å². The third-order valence-corrected chi connectivity index (χ3v) is 2.89. The Morgan fingerprint density at radius 1 is 1.05 bits per heavy atom. The van der Waals surface area contributed by atoms with Crippen molar-refractivity contribution in [1.82, 2.24) is 0 Å². The molecule has 0 aliphatic heterocycles. The minimum atomic E-state index is -1.03. The fraction of sp³-hybridized carbons (Fsp3) is 0.750. The van der Waals surface area contributed by atoms with Gasteiger partial charge in [0, 0.05) is 12.8 Å². The predicted molar refractivity (Wildman–Crippen MR) is 68.5 cm³/mol. The van der Waals surface area contributed by atoms with E-state index in [4.69, 9.17) is 21.7 Å². The lowest BCUT2D eigenvalue weighted by Gasteiger charge is -2.14. The van der Waals surface area contributed by atoms with Gasteiger partial charge in [-0.2, -0.15) is 0 Å². The molecule has 0 spiro atoms. The van der Waals surface area contributed by atoms with Crippen molar-refractivity contribution in [3.63, 3.8) is 0 Å². The maximum Gasteiger partial charge on any atom is 0.306 e. The highest BCUT2D eigenvalue weighted by atomic mass is 16.4. The number of Topliss-reactive ketones (excluding diaryl/α,β-unsaturated/α-hetero) is 1. The number of carbonyl (C=O) groups is 3. The summed E-state index contributed by atoms with van der Waals surface area (Å²) in [6, 6.07) is -0.910. The van der Waals surface area contributed by atoms with Crippen molar-refractivity contribution in [2.45, 2.75) is 44.6 Å². The summed E-state index contributed by atoms with van der Waals surface area (Å²) in [5.41, 5.74) is 10.9. The Balaban J connectivity index is 4.21. The molecule has 0 fully saturated rings. The van der Waals surface area contributed by atoms with E-state index in [1.165, 1.54) is 0 Å². The Morgan fingerprint density at radius 3 is 2.16 bits per heavy atom. The average molecular weight is 274 g/mol. The number of carbonyl (C=O) groups excluding carboxylic acids is 1. The van der Waals surface area contributed by atoms with E-state index in [0.717, 1.165) is 0 Å². The first-order chi connectivity index (χ1) is 8.88. The first-order valence-corrected chi connectivity index (χ1v) is 6.31. The maximum absolute atomic E-state index is 11.7. The molecule has 0 amide bonds. The minimum Gasteiger partial charge on any atom is -0.481 e. The highest BCUT2D eigenvalue weighted by Crippen LogP contribution is 2.15. The number of aliphatic carboxylic acids is 2. The molecule has 0 aromatic carbocycles. The summed E-state index contributed by atoms with van der Waals surface area (Å²) in [5, 5.41) is 17.5. The second-order valence-corrected chi connectivity index (χ2v) is 4.53. The van der Waals surface area contributed by atoms with Crippen molar-refractivity contribution in [2.24, 2.45) is 17.4 Å². The van der Waals surface area contributed by atoms with E-state index in [2.05, 4.69) is 0 Å². The lowest BCUT2D eigenvalue weighted by Crippen LogP contribution is -2.33. The summed E-state index contributed by atoms with van der Waals surface area (Å²) >= 11 is 0. The van der Waals surface area contributed by atoms with Gasteiger partial charge in [0.15, 0.2) is 0 Å². The molecule has 7 nitrogen and oxygen atoms in total. The molecule has 6 N–H and O–H groups in total. The number of hydrogen-bond donors (Lipinski definition) is 4. The van der Waals surface area contributed by atoms with Gasteiger partial charge in [0.2, 0.25) is 0 Å². The largest absolute Gasteiger partial charge is 0.481 e. The second-order valence-electron chi connectivity index (χ2n) is 4.53. The summed E-state index contributed by atoms with van der Waals surface area (Å²) in [5.74, 6) is -3.23. The summed E-state index contributed by atoms with van der Waals surface area (Å²) < 4.78 is 0. The fourth-order valence-corrected chi connectivity index (χ4v) is 1.68. The summed E-state index contributed by atoms with van der Waals surface area (Å²) in [6.07, 6.45) is 1.42. The molecular formula is C12H22N2O5. The molecule has 0 bridgehead atoms. The van der Waals surface area contributed by atoms with Crippen LogP contribution < -0.4 is 11.5 Å². The molecular weight excluding hydrogens is 252 g/mol. The van der Waals surface area contributed by atoms with Crippen molar-refractivity contribution in [3.05, 3.63) is 0 Å². The third kappa shape index (κ3) is 8.28. The lowest BCUT2D eigenvalue weighted by atomic mass is 9.92. The van der Waals surface area contributed by atoms with Gasteiger partial charge in [0.05, 0.1) is 12.0 Å². The first kappa shape index (κ1) is 17.5. The van der Waals surface area contributed by atoms with Crippen LogP contribution >= 0.6 is 0 Å².